The van der Waals surface area contributed by atoms with Crippen LogP contribution >= 0.6 is 23.2 Å². The fourth-order valence-corrected chi connectivity index (χ4v) is 1.86. The quantitative estimate of drug-likeness (QED) is 0.870. The number of hydroxylamine groups is 1. The van der Waals surface area contributed by atoms with Crippen LogP contribution in [0.3, 0.4) is 0 Å². The van der Waals surface area contributed by atoms with Gasteiger partial charge in [0.2, 0.25) is 0 Å². The van der Waals surface area contributed by atoms with Crippen molar-refractivity contribution in [3.63, 3.8) is 0 Å². The minimum atomic E-state index is -0.427. The van der Waals surface area contributed by atoms with Crippen LogP contribution in [0.25, 0.3) is 0 Å². The lowest BCUT2D eigenvalue weighted by Gasteiger charge is -2.07. The van der Waals surface area contributed by atoms with Crippen LogP contribution in [0.5, 0.6) is 0 Å². The van der Waals surface area contributed by atoms with Crippen molar-refractivity contribution in [1.29, 1.82) is 0 Å². The van der Waals surface area contributed by atoms with E-state index in [1.165, 1.54) is 6.07 Å². The van der Waals surface area contributed by atoms with Crippen molar-refractivity contribution >= 4 is 29.1 Å². The van der Waals surface area contributed by atoms with Crippen molar-refractivity contribution in [1.82, 2.24) is 5.48 Å². The molecule has 1 N–H and O–H groups in total. The van der Waals surface area contributed by atoms with E-state index in [9.17, 15) is 4.79 Å². The fourth-order valence-electron chi connectivity index (χ4n) is 1.49. The summed E-state index contributed by atoms with van der Waals surface area (Å²) in [6.45, 7) is 0.283. The molecule has 98 valence electrons. The van der Waals surface area contributed by atoms with Gasteiger partial charge in [-0.15, -0.1) is 0 Å². The number of amides is 1. The lowest BCUT2D eigenvalue weighted by molar-refractivity contribution is 0.0233. The Hall–Kier alpha value is -1.55. The molecule has 0 atom stereocenters. The van der Waals surface area contributed by atoms with Gasteiger partial charge >= 0.3 is 0 Å². The van der Waals surface area contributed by atoms with Crippen LogP contribution in [0.2, 0.25) is 10.0 Å². The number of hydrogen-bond donors (Lipinski definition) is 1. The van der Waals surface area contributed by atoms with Gasteiger partial charge in [0.05, 0.1) is 17.2 Å². The first-order chi connectivity index (χ1) is 9.16. The zero-order valence-electron chi connectivity index (χ0n) is 9.90. The van der Waals surface area contributed by atoms with Gasteiger partial charge < -0.3 is 0 Å². The summed E-state index contributed by atoms with van der Waals surface area (Å²) >= 11 is 11.7. The largest absolute Gasteiger partial charge is 0.276 e. The zero-order valence-corrected chi connectivity index (χ0v) is 11.4. The van der Waals surface area contributed by atoms with Gasteiger partial charge in [-0.25, -0.2) is 5.48 Å². The normalized spacial score (nSPS) is 10.2. The molecule has 0 saturated heterocycles. The Morgan fingerprint density at radius 1 is 1.11 bits per heavy atom. The Balaban J connectivity index is 1.93. The van der Waals surface area contributed by atoms with E-state index < -0.39 is 5.91 Å². The van der Waals surface area contributed by atoms with E-state index in [-0.39, 0.29) is 12.2 Å². The summed E-state index contributed by atoms with van der Waals surface area (Å²) in [6.07, 6.45) is 0. The second kappa shape index (κ2) is 6.57. The highest BCUT2D eigenvalue weighted by molar-refractivity contribution is 6.35. The van der Waals surface area contributed by atoms with Crippen LogP contribution in [0.15, 0.2) is 48.5 Å². The molecule has 2 aromatic rings. The van der Waals surface area contributed by atoms with Gasteiger partial charge in [-0.3, -0.25) is 9.63 Å². The number of benzene rings is 2. The van der Waals surface area contributed by atoms with Gasteiger partial charge in [0.25, 0.3) is 5.91 Å². The maximum atomic E-state index is 11.8. The molecule has 0 heterocycles. The summed E-state index contributed by atoms with van der Waals surface area (Å²) in [5, 5.41) is 0.767. The van der Waals surface area contributed by atoms with E-state index in [1.54, 1.807) is 12.1 Å². The molecular formula is C14H11Cl2NO2. The lowest BCUT2D eigenvalue weighted by atomic mass is 10.2. The summed E-state index contributed by atoms with van der Waals surface area (Å²) in [7, 11) is 0. The Bertz CT molecular complexity index is 573. The van der Waals surface area contributed by atoms with Crippen molar-refractivity contribution in [2.45, 2.75) is 6.61 Å². The third-order valence-electron chi connectivity index (χ3n) is 2.42. The van der Waals surface area contributed by atoms with Crippen LogP contribution in [-0.4, -0.2) is 5.91 Å². The first-order valence-electron chi connectivity index (χ1n) is 5.58. The molecule has 2 rings (SSSR count). The smallest absolute Gasteiger partial charge is 0.269 e. The van der Waals surface area contributed by atoms with Crippen molar-refractivity contribution in [2.24, 2.45) is 0 Å². The Morgan fingerprint density at radius 3 is 2.58 bits per heavy atom. The van der Waals surface area contributed by atoms with Crippen molar-refractivity contribution in [2.75, 3.05) is 0 Å². The van der Waals surface area contributed by atoms with Crippen LogP contribution in [0, 0.1) is 0 Å². The summed E-state index contributed by atoms with van der Waals surface area (Å²) in [6, 6.07) is 14.2. The molecule has 0 radical (unpaired) electrons. The predicted octanol–water partition coefficient (Wildman–Crippen LogP) is 3.86. The molecule has 0 saturated carbocycles. The third kappa shape index (κ3) is 3.96. The summed E-state index contributed by atoms with van der Waals surface area (Å²) in [5.74, 6) is -0.427. The molecule has 5 heteroatoms. The van der Waals surface area contributed by atoms with Crippen LogP contribution in [-0.2, 0) is 11.4 Å². The van der Waals surface area contributed by atoms with Crippen LogP contribution < -0.4 is 5.48 Å². The van der Waals surface area contributed by atoms with E-state index >= 15 is 0 Å². The minimum Gasteiger partial charge on any atom is -0.269 e. The molecule has 0 aromatic heterocycles. The molecule has 2 aromatic carbocycles. The summed E-state index contributed by atoms with van der Waals surface area (Å²) in [5.41, 5.74) is 3.57. The molecule has 0 aliphatic heterocycles. The lowest BCUT2D eigenvalue weighted by Crippen LogP contribution is -2.23. The Morgan fingerprint density at radius 2 is 1.84 bits per heavy atom. The highest BCUT2D eigenvalue weighted by Gasteiger charge is 2.10. The number of carbonyl (C=O) groups is 1. The van der Waals surface area contributed by atoms with E-state index in [0.29, 0.717) is 10.0 Å². The first-order valence-corrected chi connectivity index (χ1v) is 6.33. The van der Waals surface area contributed by atoms with Crippen LogP contribution in [0.1, 0.15) is 15.9 Å². The van der Waals surface area contributed by atoms with Gasteiger partial charge in [0, 0.05) is 5.02 Å². The Labute approximate surface area is 121 Å². The SMILES string of the molecule is O=C(NOCc1ccccc1)c1cc(Cl)ccc1Cl. The molecule has 3 nitrogen and oxygen atoms in total. The van der Waals surface area contributed by atoms with E-state index in [4.69, 9.17) is 28.0 Å². The summed E-state index contributed by atoms with van der Waals surface area (Å²) < 4.78 is 0. The van der Waals surface area contributed by atoms with Crippen molar-refractivity contribution in [3.8, 4) is 0 Å². The minimum absolute atomic E-state index is 0.280. The average Bonchev–Trinajstić information content (AvgIpc) is 2.42. The molecule has 0 spiro atoms. The first kappa shape index (κ1) is 13.9. The highest BCUT2D eigenvalue weighted by Crippen LogP contribution is 2.20. The Kier molecular flexibility index (Phi) is 4.80. The summed E-state index contributed by atoms with van der Waals surface area (Å²) in [4.78, 5) is 17.0. The average molecular weight is 296 g/mol. The van der Waals surface area contributed by atoms with Crippen molar-refractivity contribution < 1.29 is 9.63 Å². The second-order valence-corrected chi connectivity index (χ2v) is 4.67. The molecule has 0 aliphatic carbocycles. The molecule has 0 aliphatic rings. The van der Waals surface area contributed by atoms with Crippen molar-refractivity contribution in [3.05, 3.63) is 69.7 Å². The number of nitrogens with one attached hydrogen (secondary N) is 1. The standard InChI is InChI=1S/C14H11Cl2NO2/c15-11-6-7-13(16)12(8-11)14(18)17-19-9-10-4-2-1-3-5-10/h1-8H,9H2,(H,17,18). The van der Waals surface area contributed by atoms with Gasteiger partial charge in [-0.05, 0) is 23.8 Å². The second-order valence-electron chi connectivity index (χ2n) is 3.83. The monoisotopic (exact) mass is 295 g/mol. The molecule has 0 fully saturated rings. The van der Waals surface area contributed by atoms with E-state index in [0.717, 1.165) is 5.56 Å². The van der Waals surface area contributed by atoms with Gasteiger partial charge in [0.15, 0.2) is 0 Å². The van der Waals surface area contributed by atoms with E-state index in [2.05, 4.69) is 5.48 Å². The number of halogens is 2. The fraction of sp³-hybridized carbons (Fsp3) is 0.0714. The predicted molar refractivity (Wildman–Crippen MR) is 75.2 cm³/mol. The maximum absolute atomic E-state index is 11.8. The van der Waals surface area contributed by atoms with Gasteiger partial charge in [0.1, 0.15) is 0 Å². The molecule has 19 heavy (non-hydrogen) atoms. The molecule has 1 amide bonds. The number of hydrogen-bond acceptors (Lipinski definition) is 2. The zero-order chi connectivity index (χ0) is 13.7. The highest BCUT2D eigenvalue weighted by atomic mass is 35.5. The van der Waals surface area contributed by atoms with Gasteiger partial charge in [-0.1, -0.05) is 53.5 Å². The third-order valence-corrected chi connectivity index (χ3v) is 2.98. The molecular weight excluding hydrogens is 285 g/mol. The number of rotatable bonds is 4. The van der Waals surface area contributed by atoms with E-state index in [1.807, 2.05) is 30.3 Å². The number of carbonyl (C=O) groups excluding carboxylic acids is 1. The van der Waals surface area contributed by atoms with Crippen LogP contribution in [0.4, 0.5) is 0 Å². The molecule has 0 unspecified atom stereocenters. The van der Waals surface area contributed by atoms with Gasteiger partial charge in [-0.2, -0.15) is 0 Å². The maximum Gasteiger partial charge on any atom is 0.276 e. The topological polar surface area (TPSA) is 38.3 Å². The molecule has 0 bridgehead atoms.